The van der Waals surface area contributed by atoms with Crippen LogP contribution in [0.1, 0.15) is 73.7 Å². The van der Waals surface area contributed by atoms with Gasteiger partial charge >= 0.3 is 29.6 Å². The Hall–Kier alpha value is -2.56. The first-order chi connectivity index (χ1) is 17.6. The Morgan fingerprint density at radius 1 is 1.03 bits per heavy atom. The van der Waals surface area contributed by atoms with Gasteiger partial charge in [-0.05, 0) is 55.5 Å². The Labute approximate surface area is 244 Å². The zero-order valence-electron chi connectivity index (χ0n) is 22.2. The summed E-state index contributed by atoms with van der Waals surface area (Å²) in [4.78, 5) is 28.8. The summed E-state index contributed by atoms with van der Waals surface area (Å²) in [6, 6.07) is 15.1. The van der Waals surface area contributed by atoms with Crippen LogP contribution in [0.3, 0.4) is 0 Å². The molecular formula is C28H33FN3NaO5. The van der Waals surface area contributed by atoms with E-state index in [0.717, 1.165) is 5.56 Å². The van der Waals surface area contributed by atoms with Crippen LogP contribution in [0.4, 0.5) is 4.39 Å². The zero-order valence-corrected chi connectivity index (χ0v) is 24.2. The number of nitrogens with one attached hydrogen (secondary N) is 1. The van der Waals surface area contributed by atoms with Crippen LogP contribution >= 0.6 is 0 Å². The summed E-state index contributed by atoms with van der Waals surface area (Å²) in [6.07, 6.45) is -2.74. The predicted octanol–water partition coefficient (Wildman–Crippen LogP) is -0.0504. The van der Waals surface area contributed by atoms with Gasteiger partial charge in [-0.15, -0.1) is 0 Å². The Kier molecular flexibility index (Phi) is 12.1. The zero-order chi connectivity index (χ0) is 27.1. The number of hydrogen-bond donors (Lipinski definition) is 3. The number of aliphatic hydroxyl groups excluding tert-OH is 2. The minimum absolute atomic E-state index is 0. The number of rotatable bonds is 12. The summed E-state index contributed by atoms with van der Waals surface area (Å²) in [5, 5.41) is 34.0. The second-order valence-electron chi connectivity index (χ2n) is 9.50. The number of amides is 1. The molecule has 3 rings (SSSR count). The third-order valence-electron chi connectivity index (χ3n) is 6.15. The van der Waals surface area contributed by atoms with Gasteiger partial charge in [0.2, 0.25) is 0 Å². The van der Waals surface area contributed by atoms with Crippen molar-refractivity contribution in [3.05, 3.63) is 77.4 Å². The molecule has 38 heavy (non-hydrogen) atoms. The van der Waals surface area contributed by atoms with Crippen LogP contribution in [0.5, 0.6) is 0 Å². The van der Waals surface area contributed by atoms with E-state index in [1.807, 2.05) is 55.7 Å². The van der Waals surface area contributed by atoms with Crippen LogP contribution in [0.25, 0.3) is 11.4 Å². The molecule has 1 aromatic heterocycles. The van der Waals surface area contributed by atoms with Crippen molar-refractivity contribution in [3.63, 3.8) is 0 Å². The second kappa shape index (κ2) is 14.6. The Bertz CT molecular complexity index is 1200. The Morgan fingerprint density at radius 2 is 1.66 bits per heavy atom. The van der Waals surface area contributed by atoms with Crippen LogP contribution < -0.4 is 40.0 Å². The van der Waals surface area contributed by atoms with E-state index in [1.54, 1.807) is 12.1 Å². The van der Waals surface area contributed by atoms with E-state index in [-0.39, 0.29) is 72.5 Å². The number of aliphatic hydroxyl groups is 2. The molecule has 0 bridgehead atoms. The largest absolute Gasteiger partial charge is 1.00 e. The third kappa shape index (κ3) is 8.47. The van der Waals surface area contributed by atoms with E-state index in [4.69, 9.17) is 0 Å². The molecular weight excluding hydrogens is 500 g/mol. The van der Waals surface area contributed by atoms with Crippen molar-refractivity contribution in [2.45, 2.75) is 70.7 Å². The van der Waals surface area contributed by atoms with Crippen LogP contribution in [0, 0.1) is 5.82 Å². The SMILES string of the molecule is CC(C)c1c(C(=O)N[C@H](C)c2ccccc2)nc(-c2ccc(F)cc2)n1CC[C@@H](O)C[C@@H](O)CC(=O)[O-].[Na+]. The van der Waals surface area contributed by atoms with E-state index in [0.29, 0.717) is 17.1 Å². The van der Waals surface area contributed by atoms with Gasteiger partial charge in [-0.3, -0.25) is 4.79 Å². The molecule has 0 fully saturated rings. The molecule has 3 aromatic rings. The van der Waals surface area contributed by atoms with Crippen molar-refractivity contribution in [3.8, 4) is 11.4 Å². The van der Waals surface area contributed by atoms with Crippen molar-refractivity contribution in [1.29, 1.82) is 0 Å². The maximum atomic E-state index is 13.6. The first-order valence-electron chi connectivity index (χ1n) is 12.3. The van der Waals surface area contributed by atoms with Crippen molar-refractivity contribution in [2.24, 2.45) is 0 Å². The van der Waals surface area contributed by atoms with Crippen molar-refractivity contribution in [2.75, 3.05) is 0 Å². The number of carbonyl (C=O) groups is 2. The van der Waals surface area contributed by atoms with Crippen LogP contribution in [0.2, 0.25) is 0 Å². The number of aromatic nitrogens is 2. The predicted molar refractivity (Wildman–Crippen MR) is 135 cm³/mol. The minimum atomic E-state index is -1.39. The number of hydrogen-bond acceptors (Lipinski definition) is 6. The Morgan fingerprint density at radius 3 is 2.24 bits per heavy atom. The number of benzene rings is 2. The standard InChI is InChI=1S/C28H34FN3O5.Na/c1-17(2)26-25(28(37)30-18(3)19-7-5-4-6-8-19)31-27(20-9-11-21(29)12-10-20)32(26)14-13-22(33)15-23(34)16-24(35)36;/h4-12,17-18,22-23,33-34H,13-16H2,1-3H3,(H,30,37)(H,35,36);/q;+1/p-1/t18-,22-,23-;/m1./s1. The number of aliphatic carboxylic acids is 1. The average molecular weight is 534 g/mol. The molecule has 3 N–H and O–H groups in total. The van der Waals surface area contributed by atoms with Crippen molar-refractivity contribution >= 4 is 11.9 Å². The first-order valence-corrected chi connectivity index (χ1v) is 12.3. The maximum Gasteiger partial charge on any atom is 1.00 e. The smallest absolute Gasteiger partial charge is 0.550 e. The van der Waals surface area contributed by atoms with E-state index < -0.39 is 30.4 Å². The number of nitrogens with zero attached hydrogens (tertiary/aromatic N) is 2. The topological polar surface area (TPSA) is 128 Å². The molecule has 1 heterocycles. The molecule has 0 spiro atoms. The first kappa shape index (κ1) is 31.7. The van der Waals surface area contributed by atoms with E-state index >= 15 is 0 Å². The summed E-state index contributed by atoms with van der Waals surface area (Å²) in [5.74, 6) is -1.82. The second-order valence-corrected chi connectivity index (χ2v) is 9.50. The fraction of sp³-hybridized carbons (Fsp3) is 0.393. The van der Waals surface area contributed by atoms with E-state index in [1.165, 1.54) is 12.1 Å². The molecule has 198 valence electrons. The van der Waals surface area contributed by atoms with Crippen molar-refractivity contribution in [1.82, 2.24) is 14.9 Å². The van der Waals surface area contributed by atoms with Gasteiger partial charge in [0.1, 0.15) is 17.3 Å². The van der Waals surface area contributed by atoms with Gasteiger partial charge in [-0.2, -0.15) is 0 Å². The van der Waals surface area contributed by atoms with Gasteiger partial charge in [0.15, 0.2) is 0 Å². The molecule has 2 aromatic carbocycles. The van der Waals surface area contributed by atoms with E-state index in [9.17, 15) is 29.3 Å². The monoisotopic (exact) mass is 533 g/mol. The molecule has 0 aliphatic rings. The molecule has 3 atom stereocenters. The average Bonchev–Trinajstić information content (AvgIpc) is 3.23. The number of carbonyl (C=O) groups excluding carboxylic acids is 2. The van der Waals surface area contributed by atoms with Gasteiger partial charge in [-0.25, -0.2) is 9.37 Å². The Balaban J connectivity index is 0.00000507. The molecule has 0 radical (unpaired) electrons. The number of imidazole rings is 1. The van der Waals surface area contributed by atoms with Gasteiger partial charge in [0.25, 0.3) is 5.91 Å². The quantitative estimate of drug-likeness (QED) is 0.280. The number of carboxylic acids is 1. The van der Waals surface area contributed by atoms with E-state index in [2.05, 4.69) is 10.3 Å². The maximum absolute atomic E-state index is 13.6. The molecule has 10 heteroatoms. The third-order valence-corrected chi connectivity index (χ3v) is 6.15. The number of carboxylic acid groups (broad SMARTS) is 1. The molecule has 1 amide bonds. The molecule has 8 nitrogen and oxygen atoms in total. The van der Waals surface area contributed by atoms with Crippen LogP contribution in [-0.4, -0.2) is 43.8 Å². The molecule has 0 aliphatic heterocycles. The number of halogens is 1. The van der Waals surface area contributed by atoms with Crippen LogP contribution in [-0.2, 0) is 11.3 Å². The van der Waals surface area contributed by atoms with Gasteiger partial charge in [0, 0.05) is 24.5 Å². The van der Waals surface area contributed by atoms with Crippen LogP contribution in [0.15, 0.2) is 54.6 Å². The summed E-state index contributed by atoms with van der Waals surface area (Å²) in [7, 11) is 0. The summed E-state index contributed by atoms with van der Waals surface area (Å²) < 4.78 is 15.4. The van der Waals surface area contributed by atoms with Gasteiger partial charge < -0.3 is 30.0 Å². The van der Waals surface area contributed by atoms with Gasteiger partial charge in [-0.1, -0.05) is 44.2 Å². The molecule has 0 unspecified atom stereocenters. The molecule has 0 aliphatic carbocycles. The fourth-order valence-electron chi connectivity index (χ4n) is 4.34. The summed E-state index contributed by atoms with van der Waals surface area (Å²) in [5.41, 5.74) is 2.44. The minimum Gasteiger partial charge on any atom is -0.550 e. The summed E-state index contributed by atoms with van der Waals surface area (Å²) in [6.45, 7) is 5.99. The fourth-order valence-corrected chi connectivity index (χ4v) is 4.34. The van der Waals surface area contributed by atoms with Gasteiger partial charge in [0.05, 0.1) is 23.9 Å². The molecule has 0 saturated heterocycles. The molecule has 0 saturated carbocycles. The van der Waals surface area contributed by atoms with Crippen molar-refractivity contribution < 1.29 is 58.9 Å². The summed E-state index contributed by atoms with van der Waals surface area (Å²) >= 11 is 0. The normalized spacial score (nSPS) is 13.4.